The molecule has 0 heterocycles. The van der Waals surface area contributed by atoms with Crippen LogP contribution in [-0.4, -0.2) is 5.91 Å². The number of benzene rings is 1. The van der Waals surface area contributed by atoms with E-state index in [9.17, 15) is 4.79 Å². The molecule has 0 aliphatic rings. The summed E-state index contributed by atoms with van der Waals surface area (Å²) in [4.78, 5) is 10.7. The van der Waals surface area contributed by atoms with E-state index in [-0.39, 0.29) is 5.91 Å². The van der Waals surface area contributed by atoms with Gasteiger partial charge in [-0.3, -0.25) is 4.79 Å². The molecule has 0 saturated carbocycles. The minimum absolute atomic E-state index is 0.121. The molecule has 0 aliphatic carbocycles. The average Bonchev–Trinajstić information content (AvgIpc) is 1.94. The van der Waals surface area contributed by atoms with E-state index < -0.39 is 0 Å². The lowest BCUT2D eigenvalue weighted by Gasteiger charge is -2.05. The summed E-state index contributed by atoms with van der Waals surface area (Å²) in [5, 5.41) is 2.62. The Morgan fingerprint density at radius 2 is 2.25 bits per heavy atom. The minimum atomic E-state index is -0.121. The summed E-state index contributed by atoms with van der Waals surface area (Å²) in [5.74, 6) is -0.121. The van der Waals surface area contributed by atoms with Crippen molar-refractivity contribution in [3.63, 3.8) is 0 Å². The molecule has 1 amide bonds. The molecule has 3 N–H and O–H groups in total. The van der Waals surface area contributed by atoms with Crippen molar-refractivity contribution in [1.82, 2.24) is 0 Å². The third-order valence-electron chi connectivity index (χ3n) is 1.32. The van der Waals surface area contributed by atoms with E-state index in [1.165, 1.54) is 6.92 Å². The van der Waals surface area contributed by atoms with Gasteiger partial charge in [-0.15, -0.1) is 0 Å². The largest absolute Gasteiger partial charge is 0.397 e. The van der Waals surface area contributed by atoms with E-state index in [0.717, 1.165) is 4.47 Å². The first kappa shape index (κ1) is 9.06. The van der Waals surface area contributed by atoms with E-state index >= 15 is 0 Å². The van der Waals surface area contributed by atoms with Crippen LogP contribution in [0, 0.1) is 0 Å². The third kappa shape index (κ3) is 2.23. The van der Waals surface area contributed by atoms with E-state index in [4.69, 9.17) is 5.73 Å². The molecule has 0 bridgehead atoms. The van der Waals surface area contributed by atoms with Crippen molar-refractivity contribution < 1.29 is 4.79 Å². The lowest BCUT2D eigenvalue weighted by atomic mass is 10.3. The number of amides is 1. The molecule has 0 fully saturated rings. The molecule has 1 rings (SSSR count). The van der Waals surface area contributed by atoms with Crippen molar-refractivity contribution in [1.29, 1.82) is 0 Å². The molecule has 12 heavy (non-hydrogen) atoms. The number of carbonyl (C=O) groups excluding carboxylic acids is 1. The zero-order valence-electron chi connectivity index (χ0n) is 6.60. The summed E-state index contributed by atoms with van der Waals surface area (Å²) in [6.07, 6.45) is 0. The molecule has 0 saturated heterocycles. The summed E-state index contributed by atoms with van der Waals surface area (Å²) in [6.45, 7) is 1.45. The zero-order valence-corrected chi connectivity index (χ0v) is 8.18. The zero-order chi connectivity index (χ0) is 9.14. The Bertz CT molecular complexity index is 312. The van der Waals surface area contributed by atoms with Crippen molar-refractivity contribution in [2.45, 2.75) is 6.92 Å². The molecule has 0 aliphatic heterocycles. The Labute approximate surface area is 79.1 Å². The van der Waals surface area contributed by atoms with Crippen LogP contribution in [0.3, 0.4) is 0 Å². The van der Waals surface area contributed by atoms with Crippen LogP contribution in [0.2, 0.25) is 0 Å². The summed E-state index contributed by atoms with van der Waals surface area (Å²) >= 11 is 3.27. The third-order valence-corrected chi connectivity index (χ3v) is 1.82. The number of nitrogens with one attached hydrogen (secondary N) is 1. The fourth-order valence-electron chi connectivity index (χ4n) is 0.837. The monoisotopic (exact) mass is 228 g/mol. The quantitative estimate of drug-likeness (QED) is 0.723. The van der Waals surface area contributed by atoms with Gasteiger partial charge in [-0.2, -0.15) is 0 Å². The van der Waals surface area contributed by atoms with Gasteiger partial charge in [-0.05, 0) is 18.2 Å². The van der Waals surface area contributed by atoms with Gasteiger partial charge in [0.1, 0.15) is 0 Å². The molecule has 4 heteroatoms. The topological polar surface area (TPSA) is 55.1 Å². The van der Waals surface area contributed by atoms with E-state index in [1.54, 1.807) is 12.1 Å². The number of nitrogens with two attached hydrogens (primary N) is 1. The molecule has 0 aromatic heterocycles. The first-order valence-electron chi connectivity index (χ1n) is 3.42. The highest BCUT2D eigenvalue weighted by Crippen LogP contribution is 2.22. The predicted molar refractivity (Wildman–Crippen MR) is 52.9 cm³/mol. The van der Waals surface area contributed by atoms with Crippen molar-refractivity contribution in [3.05, 3.63) is 22.7 Å². The highest BCUT2D eigenvalue weighted by atomic mass is 79.9. The molecule has 3 nitrogen and oxygen atoms in total. The maximum atomic E-state index is 10.7. The van der Waals surface area contributed by atoms with E-state index in [2.05, 4.69) is 21.2 Å². The smallest absolute Gasteiger partial charge is 0.221 e. The van der Waals surface area contributed by atoms with Gasteiger partial charge in [0.25, 0.3) is 0 Å². The molecule has 64 valence electrons. The van der Waals surface area contributed by atoms with Crippen LogP contribution in [0.5, 0.6) is 0 Å². The molecular formula is C8H9BrN2O. The molecule has 1 aromatic carbocycles. The second-order valence-corrected chi connectivity index (χ2v) is 3.33. The van der Waals surface area contributed by atoms with Gasteiger partial charge in [-0.1, -0.05) is 15.9 Å². The Balaban J connectivity index is 2.93. The summed E-state index contributed by atoms with van der Waals surface area (Å²) in [5.41, 5.74) is 6.82. The number of halogens is 1. The Kier molecular flexibility index (Phi) is 2.70. The van der Waals surface area contributed by atoms with Gasteiger partial charge >= 0.3 is 0 Å². The minimum Gasteiger partial charge on any atom is -0.397 e. The molecular weight excluding hydrogens is 220 g/mol. The van der Waals surface area contributed by atoms with Crippen LogP contribution >= 0.6 is 15.9 Å². The molecule has 1 aromatic rings. The number of anilines is 2. The summed E-state index contributed by atoms with van der Waals surface area (Å²) < 4.78 is 0.897. The normalized spacial score (nSPS) is 9.50. The van der Waals surface area contributed by atoms with Crippen LogP contribution < -0.4 is 11.1 Å². The van der Waals surface area contributed by atoms with Crippen molar-refractivity contribution in [2.24, 2.45) is 0 Å². The molecule has 0 spiro atoms. The van der Waals surface area contributed by atoms with Gasteiger partial charge in [0.2, 0.25) is 5.91 Å². The molecule has 0 radical (unpaired) electrons. The fourth-order valence-corrected chi connectivity index (χ4v) is 1.22. The first-order chi connectivity index (χ1) is 5.59. The maximum absolute atomic E-state index is 10.7. The number of hydrogen-bond donors (Lipinski definition) is 2. The average molecular weight is 229 g/mol. The van der Waals surface area contributed by atoms with Crippen LogP contribution in [0.15, 0.2) is 22.7 Å². The highest BCUT2D eigenvalue weighted by Gasteiger charge is 2.00. The lowest BCUT2D eigenvalue weighted by molar-refractivity contribution is -0.114. The van der Waals surface area contributed by atoms with Crippen molar-refractivity contribution in [3.8, 4) is 0 Å². The van der Waals surface area contributed by atoms with Gasteiger partial charge in [0.05, 0.1) is 11.4 Å². The number of rotatable bonds is 1. The van der Waals surface area contributed by atoms with Crippen LogP contribution in [0.4, 0.5) is 11.4 Å². The summed E-state index contributed by atoms with van der Waals surface area (Å²) in [7, 11) is 0. The fraction of sp³-hybridized carbons (Fsp3) is 0.125. The molecule has 0 atom stereocenters. The second kappa shape index (κ2) is 3.58. The predicted octanol–water partition coefficient (Wildman–Crippen LogP) is 1.99. The summed E-state index contributed by atoms with van der Waals surface area (Å²) in [6, 6.07) is 5.31. The van der Waals surface area contributed by atoms with E-state index in [0.29, 0.717) is 11.4 Å². The van der Waals surface area contributed by atoms with E-state index in [1.807, 2.05) is 6.07 Å². The Hall–Kier alpha value is -1.03. The Morgan fingerprint density at radius 1 is 1.58 bits per heavy atom. The van der Waals surface area contributed by atoms with Gasteiger partial charge in [-0.25, -0.2) is 0 Å². The maximum Gasteiger partial charge on any atom is 0.221 e. The van der Waals surface area contributed by atoms with Crippen LogP contribution in [0.25, 0.3) is 0 Å². The first-order valence-corrected chi connectivity index (χ1v) is 4.21. The molecule has 0 unspecified atom stereocenters. The second-order valence-electron chi connectivity index (χ2n) is 2.41. The van der Waals surface area contributed by atoms with Gasteiger partial charge < -0.3 is 11.1 Å². The van der Waals surface area contributed by atoms with Crippen molar-refractivity contribution >= 4 is 33.2 Å². The highest BCUT2D eigenvalue weighted by molar-refractivity contribution is 9.10. The number of nitrogen functional groups attached to an aromatic ring is 1. The van der Waals surface area contributed by atoms with Gasteiger partial charge in [0.15, 0.2) is 0 Å². The van der Waals surface area contributed by atoms with Crippen molar-refractivity contribution in [2.75, 3.05) is 11.1 Å². The lowest BCUT2D eigenvalue weighted by Crippen LogP contribution is -2.07. The Morgan fingerprint density at radius 3 is 2.75 bits per heavy atom. The number of carbonyl (C=O) groups is 1. The standard InChI is InChI=1S/C8H9BrN2O/c1-5(12)11-8-3-2-6(9)4-7(8)10/h2-4H,10H2,1H3,(H,11,12). The van der Waals surface area contributed by atoms with Crippen LogP contribution in [-0.2, 0) is 4.79 Å². The number of hydrogen-bond acceptors (Lipinski definition) is 2. The van der Waals surface area contributed by atoms with Crippen LogP contribution in [0.1, 0.15) is 6.92 Å². The van der Waals surface area contributed by atoms with Gasteiger partial charge in [0, 0.05) is 11.4 Å². The SMILES string of the molecule is CC(=O)Nc1ccc(Br)cc1N.